The van der Waals surface area contributed by atoms with Crippen LogP contribution in [0.4, 0.5) is 0 Å². The normalized spacial score (nSPS) is 12.1. The maximum Gasteiger partial charge on any atom is 0.282 e. The van der Waals surface area contributed by atoms with Crippen molar-refractivity contribution in [1.82, 2.24) is 9.66 Å². The van der Waals surface area contributed by atoms with Gasteiger partial charge in [-0.2, -0.15) is 9.78 Å². The number of hydrogen-bond donors (Lipinski definition) is 1. The molecule has 0 bridgehead atoms. The Hall–Kier alpha value is -2.95. The van der Waals surface area contributed by atoms with Crippen LogP contribution in [-0.4, -0.2) is 21.0 Å². The second kappa shape index (κ2) is 7.35. The minimum Gasteiger partial charge on any atom is -0.507 e. The van der Waals surface area contributed by atoms with Crippen molar-refractivity contribution in [1.29, 1.82) is 0 Å². The number of aromatic hydroxyl groups is 1. The summed E-state index contributed by atoms with van der Waals surface area (Å²) in [6.07, 6.45) is 3.03. The third kappa shape index (κ3) is 3.92. The third-order valence-electron chi connectivity index (χ3n) is 4.50. The monoisotopic (exact) mass is 363 g/mol. The first kappa shape index (κ1) is 18.8. The van der Waals surface area contributed by atoms with Gasteiger partial charge in [-0.15, -0.1) is 0 Å². The van der Waals surface area contributed by atoms with E-state index < -0.39 is 0 Å². The van der Waals surface area contributed by atoms with Gasteiger partial charge in [0, 0.05) is 12.0 Å². The van der Waals surface area contributed by atoms with Crippen molar-refractivity contribution < 1.29 is 5.11 Å². The number of para-hydroxylation sites is 1. The van der Waals surface area contributed by atoms with Crippen molar-refractivity contribution in [3.8, 4) is 5.75 Å². The van der Waals surface area contributed by atoms with Crippen LogP contribution in [0.5, 0.6) is 5.75 Å². The molecule has 5 heteroatoms. The number of benzene rings is 2. The molecule has 0 amide bonds. The van der Waals surface area contributed by atoms with Crippen molar-refractivity contribution in [3.63, 3.8) is 0 Å². The van der Waals surface area contributed by atoms with Crippen LogP contribution in [0.1, 0.15) is 51.1 Å². The average molecular weight is 363 g/mol. The molecule has 2 aromatic carbocycles. The number of fused-ring (bicyclic) bond motifs is 1. The van der Waals surface area contributed by atoms with Crippen LogP contribution in [0.25, 0.3) is 10.9 Å². The Morgan fingerprint density at radius 1 is 1.19 bits per heavy atom. The standard InChI is InChI=1S/C22H25N3O2/c1-5-8-20-24-18-10-7-6-9-17(18)21(27)25(20)23-14-15-13-16(22(2,3)4)11-12-19(15)26/h6-7,9-14,26H,5,8H2,1-4H3. The average Bonchev–Trinajstić information content (AvgIpc) is 2.62. The first-order valence-electron chi connectivity index (χ1n) is 9.20. The third-order valence-corrected chi connectivity index (χ3v) is 4.50. The molecule has 0 saturated heterocycles. The minimum atomic E-state index is -0.202. The summed E-state index contributed by atoms with van der Waals surface area (Å²) in [5.74, 6) is 0.745. The summed E-state index contributed by atoms with van der Waals surface area (Å²) in [5.41, 5.74) is 2.08. The molecule has 3 aromatic rings. The molecule has 0 aliphatic rings. The smallest absolute Gasteiger partial charge is 0.282 e. The highest BCUT2D eigenvalue weighted by Crippen LogP contribution is 2.26. The van der Waals surface area contributed by atoms with E-state index in [1.165, 1.54) is 10.9 Å². The summed E-state index contributed by atoms with van der Waals surface area (Å²) in [7, 11) is 0. The molecule has 140 valence electrons. The molecule has 3 rings (SSSR count). The van der Waals surface area contributed by atoms with Gasteiger partial charge in [-0.25, -0.2) is 4.98 Å². The molecule has 27 heavy (non-hydrogen) atoms. The number of phenolic OH excluding ortho intramolecular Hbond substituents is 1. The fraction of sp³-hybridized carbons (Fsp3) is 0.318. The molecule has 0 aliphatic heterocycles. The van der Waals surface area contributed by atoms with E-state index in [0.717, 1.165) is 12.0 Å². The Balaban J connectivity index is 2.12. The van der Waals surface area contributed by atoms with Gasteiger partial charge in [0.2, 0.25) is 0 Å². The van der Waals surface area contributed by atoms with Gasteiger partial charge in [-0.3, -0.25) is 4.79 Å². The molecule has 5 nitrogen and oxygen atoms in total. The zero-order chi connectivity index (χ0) is 19.6. The van der Waals surface area contributed by atoms with Crippen molar-refractivity contribution >= 4 is 17.1 Å². The molecule has 1 aromatic heterocycles. The van der Waals surface area contributed by atoms with Crippen molar-refractivity contribution in [2.24, 2.45) is 5.10 Å². The molecular formula is C22H25N3O2. The second-order valence-electron chi connectivity index (χ2n) is 7.68. The van der Waals surface area contributed by atoms with Gasteiger partial charge >= 0.3 is 0 Å². The van der Waals surface area contributed by atoms with E-state index >= 15 is 0 Å². The lowest BCUT2D eigenvalue weighted by Gasteiger charge is -2.19. The van der Waals surface area contributed by atoms with Crippen LogP contribution in [0, 0.1) is 0 Å². The number of aromatic nitrogens is 2. The topological polar surface area (TPSA) is 67.5 Å². The Labute approximate surface area is 159 Å². The van der Waals surface area contributed by atoms with Crippen molar-refractivity contribution in [3.05, 3.63) is 69.8 Å². The zero-order valence-electron chi connectivity index (χ0n) is 16.2. The van der Waals surface area contributed by atoms with Crippen LogP contribution >= 0.6 is 0 Å². The van der Waals surface area contributed by atoms with Crippen molar-refractivity contribution in [2.75, 3.05) is 0 Å². The van der Waals surface area contributed by atoms with Crippen LogP contribution in [0.2, 0.25) is 0 Å². The molecule has 0 atom stereocenters. The largest absolute Gasteiger partial charge is 0.507 e. The van der Waals surface area contributed by atoms with Crippen LogP contribution in [0.15, 0.2) is 52.4 Å². The highest BCUT2D eigenvalue weighted by molar-refractivity contribution is 5.84. The fourth-order valence-corrected chi connectivity index (χ4v) is 2.92. The van der Waals surface area contributed by atoms with Gasteiger partial charge in [0.25, 0.3) is 5.56 Å². The summed E-state index contributed by atoms with van der Waals surface area (Å²) in [5, 5.41) is 15.1. The molecule has 1 heterocycles. The minimum absolute atomic E-state index is 0.0506. The lowest BCUT2D eigenvalue weighted by molar-refractivity contribution is 0.473. The highest BCUT2D eigenvalue weighted by atomic mass is 16.3. The van der Waals surface area contributed by atoms with E-state index in [-0.39, 0.29) is 16.7 Å². The van der Waals surface area contributed by atoms with E-state index in [1.807, 2.05) is 37.3 Å². The summed E-state index contributed by atoms with van der Waals surface area (Å²) < 4.78 is 1.34. The Kier molecular flexibility index (Phi) is 5.13. The lowest BCUT2D eigenvalue weighted by atomic mass is 9.86. The number of hydrogen-bond acceptors (Lipinski definition) is 4. The predicted octanol–water partition coefficient (Wildman–Crippen LogP) is 4.23. The molecular weight excluding hydrogens is 338 g/mol. The summed E-state index contributed by atoms with van der Waals surface area (Å²) >= 11 is 0. The molecule has 1 N–H and O–H groups in total. The van der Waals surface area contributed by atoms with Crippen LogP contribution in [0.3, 0.4) is 0 Å². The van der Waals surface area contributed by atoms with Crippen LogP contribution in [-0.2, 0) is 11.8 Å². The van der Waals surface area contributed by atoms with Crippen molar-refractivity contribution in [2.45, 2.75) is 46.0 Å². The Bertz CT molecular complexity index is 1060. The molecule has 0 fully saturated rings. The first-order chi connectivity index (χ1) is 12.8. The van der Waals surface area contributed by atoms with Gasteiger partial charge < -0.3 is 5.11 Å². The van der Waals surface area contributed by atoms with E-state index in [4.69, 9.17) is 0 Å². The van der Waals surface area contributed by atoms with E-state index in [1.54, 1.807) is 12.1 Å². The van der Waals surface area contributed by atoms with Gasteiger partial charge in [0.15, 0.2) is 0 Å². The number of rotatable bonds is 4. The lowest BCUT2D eigenvalue weighted by Crippen LogP contribution is -2.22. The number of nitrogens with zero attached hydrogens (tertiary/aromatic N) is 3. The Morgan fingerprint density at radius 3 is 2.63 bits per heavy atom. The molecule has 0 radical (unpaired) electrons. The zero-order valence-corrected chi connectivity index (χ0v) is 16.2. The molecule has 0 unspecified atom stereocenters. The van der Waals surface area contributed by atoms with Gasteiger partial charge in [0.05, 0.1) is 17.1 Å². The fourth-order valence-electron chi connectivity index (χ4n) is 2.92. The van der Waals surface area contributed by atoms with E-state index in [9.17, 15) is 9.90 Å². The maximum absolute atomic E-state index is 12.9. The predicted molar refractivity (Wildman–Crippen MR) is 110 cm³/mol. The van der Waals surface area contributed by atoms with E-state index in [2.05, 4.69) is 30.9 Å². The summed E-state index contributed by atoms with van der Waals surface area (Å²) in [6, 6.07) is 12.7. The molecule has 0 aliphatic carbocycles. The summed E-state index contributed by atoms with van der Waals surface area (Å²) in [6.45, 7) is 8.36. The van der Waals surface area contributed by atoms with Gasteiger partial charge in [-0.05, 0) is 41.7 Å². The van der Waals surface area contributed by atoms with E-state index in [0.29, 0.717) is 28.7 Å². The maximum atomic E-state index is 12.9. The molecule has 0 spiro atoms. The number of aryl methyl sites for hydroxylation is 1. The SMILES string of the molecule is CCCc1nc2ccccc2c(=O)n1N=Cc1cc(C(C)(C)C)ccc1O. The second-order valence-corrected chi connectivity index (χ2v) is 7.68. The van der Waals surface area contributed by atoms with Crippen LogP contribution < -0.4 is 5.56 Å². The van der Waals surface area contributed by atoms with Gasteiger partial charge in [0.1, 0.15) is 11.6 Å². The first-order valence-corrected chi connectivity index (χ1v) is 9.20. The van der Waals surface area contributed by atoms with Gasteiger partial charge in [-0.1, -0.05) is 45.9 Å². The highest BCUT2D eigenvalue weighted by Gasteiger charge is 2.15. The summed E-state index contributed by atoms with van der Waals surface area (Å²) in [4.78, 5) is 17.5. The quantitative estimate of drug-likeness (QED) is 0.705. The number of phenols is 1. The Morgan fingerprint density at radius 2 is 1.93 bits per heavy atom. The molecule has 0 saturated carbocycles.